The average molecular weight is 336 g/mol. The van der Waals surface area contributed by atoms with E-state index in [2.05, 4.69) is 31.2 Å². The van der Waals surface area contributed by atoms with E-state index in [-0.39, 0.29) is 5.82 Å². The second-order valence-corrected chi connectivity index (χ2v) is 6.40. The van der Waals surface area contributed by atoms with E-state index in [1.54, 1.807) is 6.07 Å². The van der Waals surface area contributed by atoms with Gasteiger partial charge in [-0.3, -0.25) is 0 Å². The monoisotopic (exact) mass is 336 g/mol. The summed E-state index contributed by atoms with van der Waals surface area (Å²) in [5.41, 5.74) is 3.65. The lowest BCUT2D eigenvalue weighted by Gasteiger charge is -2.09. The molecule has 0 saturated carbocycles. The van der Waals surface area contributed by atoms with Gasteiger partial charge in [-0.2, -0.15) is 0 Å². The van der Waals surface area contributed by atoms with Crippen LogP contribution in [0.15, 0.2) is 54.6 Å². The van der Waals surface area contributed by atoms with Gasteiger partial charge in [0.25, 0.3) is 0 Å². The first kappa shape index (κ1) is 17.5. The lowest BCUT2D eigenvalue weighted by atomic mass is 9.98. The smallest absolute Gasteiger partial charge is 0.172 e. The fraction of sp³-hybridized carbons (Fsp3) is 0.304. The number of benzene rings is 3. The first-order valence-electron chi connectivity index (χ1n) is 9.17. The van der Waals surface area contributed by atoms with E-state index in [4.69, 9.17) is 4.74 Å². The van der Waals surface area contributed by atoms with Crippen molar-refractivity contribution in [2.24, 2.45) is 0 Å². The molecule has 0 amide bonds. The molecule has 0 radical (unpaired) electrons. The third kappa shape index (κ3) is 4.01. The SMILES string of the molecule is CCCCCc1ccc(-c2ccc3c(F)c(OCC)ccc3c2)cc1. The van der Waals surface area contributed by atoms with E-state index in [1.165, 1.54) is 24.8 Å². The molecule has 0 aliphatic heterocycles. The molecule has 25 heavy (non-hydrogen) atoms. The van der Waals surface area contributed by atoms with Crippen LogP contribution < -0.4 is 4.74 Å². The van der Waals surface area contributed by atoms with Crippen LogP contribution >= 0.6 is 0 Å². The molecular formula is C23H25FO. The lowest BCUT2D eigenvalue weighted by molar-refractivity contribution is 0.323. The molecule has 0 aromatic heterocycles. The highest BCUT2D eigenvalue weighted by molar-refractivity contribution is 5.89. The molecule has 3 aromatic rings. The molecule has 0 aliphatic rings. The Hall–Kier alpha value is -2.35. The van der Waals surface area contributed by atoms with Gasteiger partial charge in [0, 0.05) is 5.39 Å². The molecule has 3 rings (SSSR count). The van der Waals surface area contributed by atoms with Gasteiger partial charge >= 0.3 is 0 Å². The number of halogens is 1. The molecule has 130 valence electrons. The molecule has 3 aromatic carbocycles. The maximum atomic E-state index is 14.5. The summed E-state index contributed by atoms with van der Waals surface area (Å²) >= 11 is 0. The Balaban J connectivity index is 1.85. The normalized spacial score (nSPS) is 11.0. The summed E-state index contributed by atoms with van der Waals surface area (Å²) in [6, 6.07) is 18.2. The highest BCUT2D eigenvalue weighted by Crippen LogP contribution is 2.30. The Kier molecular flexibility index (Phi) is 5.70. The van der Waals surface area contributed by atoms with Gasteiger partial charge in [0.05, 0.1) is 6.61 Å². The second kappa shape index (κ2) is 8.15. The van der Waals surface area contributed by atoms with Crippen LogP contribution in [0.1, 0.15) is 38.7 Å². The number of ether oxygens (including phenoxy) is 1. The van der Waals surface area contributed by atoms with Crippen molar-refractivity contribution >= 4 is 10.8 Å². The van der Waals surface area contributed by atoms with Crippen molar-refractivity contribution in [2.45, 2.75) is 39.5 Å². The van der Waals surface area contributed by atoms with Crippen LogP contribution in [0, 0.1) is 5.82 Å². The molecule has 0 aliphatic carbocycles. The second-order valence-electron chi connectivity index (χ2n) is 6.40. The molecule has 0 fully saturated rings. The van der Waals surface area contributed by atoms with Crippen LogP contribution in [0.25, 0.3) is 21.9 Å². The molecule has 1 nitrogen and oxygen atoms in total. The maximum absolute atomic E-state index is 14.5. The lowest BCUT2D eigenvalue weighted by Crippen LogP contribution is -1.95. The summed E-state index contributed by atoms with van der Waals surface area (Å²) in [4.78, 5) is 0. The van der Waals surface area contributed by atoms with Gasteiger partial charge in [-0.15, -0.1) is 0 Å². The summed E-state index contributed by atoms with van der Waals surface area (Å²) < 4.78 is 19.8. The van der Waals surface area contributed by atoms with Crippen LogP contribution in [-0.4, -0.2) is 6.61 Å². The minimum absolute atomic E-state index is 0.280. The topological polar surface area (TPSA) is 9.23 Å². The van der Waals surface area contributed by atoms with E-state index in [1.807, 2.05) is 31.2 Å². The van der Waals surface area contributed by atoms with Crippen molar-refractivity contribution in [1.82, 2.24) is 0 Å². The van der Waals surface area contributed by atoms with Gasteiger partial charge in [0.15, 0.2) is 11.6 Å². The van der Waals surface area contributed by atoms with Crippen molar-refractivity contribution in [3.05, 3.63) is 66.0 Å². The summed E-state index contributed by atoms with van der Waals surface area (Å²) in [5, 5.41) is 1.50. The number of hydrogen-bond acceptors (Lipinski definition) is 1. The Morgan fingerprint density at radius 3 is 2.32 bits per heavy atom. The fourth-order valence-electron chi connectivity index (χ4n) is 3.16. The zero-order valence-corrected chi connectivity index (χ0v) is 15.0. The molecule has 0 saturated heterocycles. The third-order valence-electron chi connectivity index (χ3n) is 4.57. The molecule has 0 heterocycles. The fourth-order valence-corrected chi connectivity index (χ4v) is 3.16. The average Bonchev–Trinajstić information content (AvgIpc) is 2.65. The Bertz CT molecular complexity index is 837. The van der Waals surface area contributed by atoms with E-state index >= 15 is 0 Å². The van der Waals surface area contributed by atoms with Crippen molar-refractivity contribution in [3.8, 4) is 16.9 Å². The van der Waals surface area contributed by atoms with E-state index in [9.17, 15) is 4.39 Å². The van der Waals surface area contributed by atoms with Crippen molar-refractivity contribution in [2.75, 3.05) is 6.61 Å². The highest BCUT2D eigenvalue weighted by Gasteiger charge is 2.09. The predicted molar refractivity (Wildman–Crippen MR) is 104 cm³/mol. The quantitative estimate of drug-likeness (QED) is 0.432. The Labute approximate surface area is 149 Å². The van der Waals surface area contributed by atoms with Crippen LogP contribution in [0.3, 0.4) is 0 Å². The van der Waals surface area contributed by atoms with Crippen LogP contribution in [0.2, 0.25) is 0 Å². The van der Waals surface area contributed by atoms with Gasteiger partial charge in [-0.25, -0.2) is 4.39 Å². The summed E-state index contributed by atoms with van der Waals surface area (Å²) in [6.07, 6.45) is 4.91. The zero-order valence-electron chi connectivity index (χ0n) is 15.0. The maximum Gasteiger partial charge on any atom is 0.172 e. The molecule has 0 N–H and O–H groups in total. The van der Waals surface area contributed by atoms with Crippen LogP contribution in [0.5, 0.6) is 5.75 Å². The van der Waals surface area contributed by atoms with Crippen molar-refractivity contribution < 1.29 is 9.13 Å². The van der Waals surface area contributed by atoms with E-state index in [0.717, 1.165) is 22.9 Å². The van der Waals surface area contributed by atoms with Gasteiger partial charge in [0.1, 0.15) is 0 Å². The molecule has 0 spiro atoms. The minimum Gasteiger partial charge on any atom is -0.491 e. The Morgan fingerprint density at radius 1 is 0.840 bits per heavy atom. The van der Waals surface area contributed by atoms with E-state index in [0.29, 0.717) is 17.7 Å². The third-order valence-corrected chi connectivity index (χ3v) is 4.57. The van der Waals surface area contributed by atoms with Gasteiger partial charge < -0.3 is 4.74 Å². The summed E-state index contributed by atoms with van der Waals surface area (Å²) in [6.45, 7) is 4.55. The number of rotatable bonds is 7. The molecule has 0 bridgehead atoms. The minimum atomic E-state index is -0.280. The number of hydrogen-bond donors (Lipinski definition) is 0. The highest BCUT2D eigenvalue weighted by atomic mass is 19.1. The molecular weight excluding hydrogens is 311 g/mol. The number of fused-ring (bicyclic) bond motifs is 1. The largest absolute Gasteiger partial charge is 0.491 e. The summed E-state index contributed by atoms with van der Waals surface area (Å²) in [5.74, 6) is 0.0383. The van der Waals surface area contributed by atoms with Gasteiger partial charge in [-0.05, 0) is 54.0 Å². The number of unbranched alkanes of at least 4 members (excludes halogenated alkanes) is 2. The van der Waals surface area contributed by atoms with Gasteiger partial charge in [-0.1, -0.05) is 62.2 Å². The van der Waals surface area contributed by atoms with E-state index < -0.39 is 0 Å². The molecule has 2 heteroatoms. The molecule has 0 unspecified atom stereocenters. The first-order valence-corrected chi connectivity index (χ1v) is 9.17. The first-order chi connectivity index (χ1) is 12.2. The standard InChI is InChI=1S/C23H25FO/c1-3-5-6-7-17-8-10-18(11-9-17)19-12-14-21-20(16-19)13-15-22(23(21)24)25-4-2/h8-16H,3-7H2,1-2H3. The Morgan fingerprint density at radius 2 is 1.60 bits per heavy atom. The van der Waals surface area contributed by atoms with Crippen molar-refractivity contribution in [3.63, 3.8) is 0 Å². The van der Waals surface area contributed by atoms with Crippen molar-refractivity contribution in [1.29, 1.82) is 0 Å². The van der Waals surface area contributed by atoms with Gasteiger partial charge in [0.2, 0.25) is 0 Å². The number of aryl methyl sites for hydroxylation is 1. The zero-order chi connectivity index (χ0) is 17.6. The summed E-state index contributed by atoms with van der Waals surface area (Å²) in [7, 11) is 0. The van der Waals surface area contributed by atoms with Crippen LogP contribution in [0.4, 0.5) is 4.39 Å². The predicted octanol–water partition coefficient (Wildman–Crippen LogP) is 6.78. The molecule has 0 atom stereocenters. The van der Waals surface area contributed by atoms with Crippen LogP contribution in [-0.2, 0) is 6.42 Å².